The lowest BCUT2D eigenvalue weighted by Gasteiger charge is -2.34. The normalized spacial score (nSPS) is 16.6. The molecule has 0 bridgehead atoms. The van der Waals surface area contributed by atoms with Gasteiger partial charge in [-0.25, -0.2) is 0 Å². The molecule has 2 rings (SSSR count). The first-order valence-electron chi connectivity index (χ1n) is 15.5. The SMILES string of the molecule is CCC(CCCC(C)N=Cc1ccccc1)(CCCC(C)N=Cc1ccccc1)CCCC(C)NCC(O)CO. The van der Waals surface area contributed by atoms with Gasteiger partial charge in [-0.1, -0.05) is 93.3 Å². The zero-order valence-electron chi connectivity index (χ0n) is 25.5. The molecule has 0 spiro atoms. The number of aliphatic hydroxyl groups is 2. The molecule has 222 valence electrons. The number of hydrogen-bond donors (Lipinski definition) is 3. The summed E-state index contributed by atoms with van der Waals surface area (Å²) >= 11 is 0. The van der Waals surface area contributed by atoms with Gasteiger partial charge in [0.05, 0.1) is 12.7 Å². The highest BCUT2D eigenvalue weighted by Crippen LogP contribution is 2.40. The van der Waals surface area contributed by atoms with E-state index in [1.807, 2.05) is 24.6 Å². The summed E-state index contributed by atoms with van der Waals surface area (Å²) in [7, 11) is 0. The Morgan fingerprint density at radius 1 is 0.750 bits per heavy atom. The van der Waals surface area contributed by atoms with E-state index in [0.29, 0.717) is 30.1 Å². The van der Waals surface area contributed by atoms with Crippen molar-refractivity contribution in [2.24, 2.45) is 15.4 Å². The van der Waals surface area contributed by atoms with Crippen LogP contribution in [0.4, 0.5) is 0 Å². The van der Waals surface area contributed by atoms with E-state index in [2.05, 4.69) is 81.5 Å². The zero-order valence-corrected chi connectivity index (χ0v) is 25.5. The Morgan fingerprint density at radius 2 is 1.20 bits per heavy atom. The lowest BCUT2D eigenvalue weighted by molar-refractivity contribution is 0.0917. The second kappa shape index (κ2) is 19.7. The molecule has 0 aliphatic rings. The van der Waals surface area contributed by atoms with E-state index in [1.54, 1.807) is 0 Å². The van der Waals surface area contributed by atoms with Gasteiger partial charge in [0.15, 0.2) is 0 Å². The minimum absolute atomic E-state index is 0.194. The number of hydrogen-bond acceptors (Lipinski definition) is 5. The van der Waals surface area contributed by atoms with Crippen molar-refractivity contribution in [2.45, 2.75) is 116 Å². The molecule has 0 heterocycles. The Hall–Kier alpha value is -2.34. The van der Waals surface area contributed by atoms with Crippen LogP contribution in [0.25, 0.3) is 0 Å². The third kappa shape index (κ3) is 14.3. The quantitative estimate of drug-likeness (QED) is 0.144. The van der Waals surface area contributed by atoms with Gasteiger partial charge in [0, 0.05) is 37.1 Å². The fourth-order valence-corrected chi connectivity index (χ4v) is 5.39. The van der Waals surface area contributed by atoms with Gasteiger partial charge in [-0.05, 0) is 75.8 Å². The van der Waals surface area contributed by atoms with Gasteiger partial charge < -0.3 is 15.5 Å². The third-order valence-corrected chi connectivity index (χ3v) is 8.22. The molecule has 0 amide bonds. The molecule has 5 heteroatoms. The van der Waals surface area contributed by atoms with Crippen LogP contribution < -0.4 is 5.32 Å². The number of aliphatic hydroxyl groups excluding tert-OH is 2. The van der Waals surface area contributed by atoms with Crippen LogP contribution in [0, 0.1) is 5.41 Å². The molecular weight excluding hydrogens is 494 g/mol. The van der Waals surface area contributed by atoms with Gasteiger partial charge in [-0.15, -0.1) is 0 Å². The van der Waals surface area contributed by atoms with Crippen molar-refractivity contribution < 1.29 is 10.2 Å². The van der Waals surface area contributed by atoms with Crippen molar-refractivity contribution in [3.8, 4) is 0 Å². The van der Waals surface area contributed by atoms with Crippen LogP contribution in [0.3, 0.4) is 0 Å². The van der Waals surface area contributed by atoms with E-state index in [-0.39, 0.29) is 6.61 Å². The Bertz CT molecular complexity index is 886. The van der Waals surface area contributed by atoms with Gasteiger partial charge in [0.25, 0.3) is 0 Å². The Labute approximate surface area is 244 Å². The van der Waals surface area contributed by atoms with E-state index in [1.165, 1.54) is 44.9 Å². The topological polar surface area (TPSA) is 77.2 Å². The Morgan fingerprint density at radius 3 is 1.62 bits per heavy atom. The maximum Gasteiger partial charge on any atom is 0.0895 e. The highest BCUT2D eigenvalue weighted by atomic mass is 16.3. The van der Waals surface area contributed by atoms with Gasteiger partial charge in [0.2, 0.25) is 0 Å². The molecule has 3 N–H and O–H groups in total. The minimum Gasteiger partial charge on any atom is -0.394 e. The first-order valence-corrected chi connectivity index (χ1v) is 15.5. The van der Waals surface area contributed by atoms with E-state index in [0.717, 1.165) is 30.4 Å². The summed E-state index contributed by atoms with van der Waals surface area (Å²) in [6.45, 7) is 9.25. The van der Waals surface area contributed by atoms with E-state index >= 15 is 0 Å². The van der Waals surface area contributed by atoms with E-state index < -0.39 is 6.10 Å². The lowest BCUT2D eigenvalue weighted by Crippen LogP contribution is -2.35. The predicted molar refractivity (Wildman–Crippen MR) is 172 cm³/mol. The molecular formula is C35H55N3O2. The monoisotopic (exact) mass is 549 g/mol. The van der Waals surface area contributed by atoms with Crippen LogP contribution in [0.15, 0.2) is 70.6 Å². The highest BCUT2D eigenvalue weighted by molar-refractivity contribution is 5.79. The number of benzene rings is 2. The van der Waals surface area contributed by atoms with Gasteiger partial charge in [0.1, 0.15) is 0 Å². The molecule has 0 aliphatic carbocycles. The van der Waals surface area contributed by atoms with Crippen LogP contribution in [-0.4, -0.2) is 60.0 Å². The van der Waals surface area contributed by atoms with Gasteiger partial charge in [-0.3, -0.25) is 9.98 Å². The molecule has 0 aliphatic heterocycles. The smallest absolute Gasteiger partial charge is 0.0895 e. The van der Waals surface area contributed by atoms with Crippen LogP contribution in [0.5, 0.6) is 0 Å². The van der Waals surface area contributed by atoms with Crippen LogP contribution in [-0.2, 0) is 0 Å². The molecule has 40 heavy (non-hydrogen) atoms. The van der Waals surface area contributed by atoms with Crippen molar-refractivity contribution in [1.29, 1.82) is 0 Å². The fourth-order valence-electron chi connectivity index (χ4n) is 5.39. The van der Waals surface area contributed by atoms with Gasteiger partial charge in [-0.2, -0.15) is 0 Å². The molecule has 2 aromatic carbocycles. The molecule has 4 unspecified atom stereocenters. The Balaban J connectivity index is 1.90. The number of rotatable bonds is 21. The molecule has 0 radical (unpaired) electrons. The number of aliphatic imine (C=N–C) groups is 2. The summed E-state index contributed by atoms with van der Waals surface area (Å²) in [5, 5.41) is 22.1. The first-order chi connectivity index (χ1) is 19.4. The van der Waals surface area contributed by atoms with E-state index in [4.69, 9.17) is 15.1 Å². The standard InChI is InChI=1S/C35H55N3O2/c1-5-35(24-14-17-31(4)38-27-34(40)28-39,22-12-15-29(2)36-25-32-18-8-6-9-19-32)23-13-16-30(3)37-26-33-20-10-7-11-21-33/h6-11,18-21,25-26,29-31,34,38-40H,5,12-17,22-24,27-28H2,1-4H3. The van der Waals surface area contributed by atoms with Crippen molar-refractivity contribution in [1.82, 2.24) is 5.32 Å². The number of nitrogens with zero attached hydrogens (tertiary/aromatic N) is 2. The lowest BCUT2D eigenvalue weighted by atomic mass is 9.72. The average molecular weight is 550 g/mol. The summed E-state index contributed by atoms with van der Waals surface area (Å²) in [5.74, 6) is 0. The summed E-state index contributed by atoms with van der Waals surface area (Å²) in [6, 6.07) is 21.7. The second-order valence-corrected chi connectivity index (χ2v) is 11.8. The maximum atomic E-state index is 9.66. The molecule has 0 saturated carbocycles. The molecule has 2 aromatic rings. The van der Waals surface area contributed by atoms with Crippen molar-refractivity contribution in [3.63, 3.8) is 0 Å². The highest BCUT2D eigenvalue weighted by Gasteiger charge is 2.27. The second-order valence-electron chi connectivity index (χ2n) is 11.8. The van der Waals surface area contributed by atoms with Crippen LogP contribution in [0.2, 0.25) is 0 Å². The summed E-state index contributed by atoms with van der Waals surface area (Å²) in [6.07, 6.45) is 15.1. The average Bonchev–Trinajstić information content (AvgIpc) is 2.98. The predicted octanol–water partition coefficient (Wildman–Crippen LogP) is 7.24. The zero-order chi connectivity index (χ0) is 29.1. The molecule has 0 fully saturated rings. The van der Waals surface area contributed by atoms with Crippen molar-refractivity contribution in [2.75, 3.05) is 13.2 Å². The Kier molecular flexibility index (Phi) is 16.7. The van der Waals surface area contributed by atoms with Crippen LogP contribution in [0.1, 0.15) is 103 Å². The summed E-state index contributed by atoms with van der Waals surface area (Å²) < 4.78 is 0. The van der Waals surface area contributed by atoms with Gasteiger partial charge >= 0.3 is 0 Å². The van der Waals surface area contributed by atoms with E-state index in [9.17, 15) is 5.11 Å². The van der Waals surface area contributed by atoms with Crippen LogP contribution >= 0.6 is 0 Å². The number of nitrogens with one attached hydrogen (secondary N) is 1. The fraction of sp³-hybridized carbons (Fsp3) is 0.600. The van der Waals surface area contributed by atoms with Crippen molar-refractivity contribution >= 4 is 12.4 Å². The molecule has 0 aromatic heterocycles. The molecule has 0 saturated heterocycles. The first kappa shape index (κ1) is 33.9. The third-order valence-electron chi connectivity index (χ3n) is 8.22. The minimum atomic E-state index is -0.685. The largest absolute Gasteiger partial charge is 0.394 e. The summed E-state index contributed by atoms with van der Waals surface area (Å²) in [4.78, 5) is 9.62. The molecule has 5 nitrogen and oxygen atoms in total. The maximum absolute atomic E-state index is 9.66. The summed E-state index contributed by atoms with van der Waals surface area (Å²) in [5.41, 5.74) is 2.67. The van der Waals surface area contributed by atoms with Crippen molar-refractivity contribution in [3.05, 3.63) is 71.8 Å². The molecule has 4 atom stereocenters.